The molecule has 1 aromatic carbocycles. The van der Waals surface area contributed by atoms with Gasteiger partial charge in [-0.15, -0.1) is 0 Å². The molecule has 3 aliphatic rings. The molecular weight excluding hydrogens is 400 g/mol. The molecular formula is C25H26N6O. The Morgan fingerprint density at radius 1 is 1.12 bits per heavy atom. The molecule has 3 heterocycles. The van der Waals surface area contributed by atoms with Gasteiger partial charge in [0.1, 0.15) is 11.9 Å². The molecule has 0 radical (unpaired) electrons. The lowest BCUT2D eigenvalue weighted by molar-refractivity contribution is -0.131. The maximum absolute atomic E-state index is 13.1. The molecule has 1 aliphatic carbocycles. The molecule has 7 nitrogen and oxygen atoms in total. The van der Waals surface area contributed by atoms with Crippen LogP contribution in [-0.2, 0) is 10.3 Å². The first kappa shape index (κ1) is 20.5. The van der Waals surface area contributed by atoms with Gasteiger partial charge in [0.2, 0.25) is 5.91 Å². The summed E-state index contributed by atoms with van der Waals surface area (Å²) >= 11 is 0. The van der Waals surface area contributed by atoms with E-state index in [2.05, 4.69) is 34.3 Å². The second kappa shape index (κ2) is 7.93. The Morgan fingerprint density at radius 2 is 1.84 bits per heavy atom. The van der Waals surface area contributed by atoms with Crippen LogP contribution in [0.4, 0.5) is 5.82 Å². The van der Waals surface area contributed by atoms with E-state index in [9.17, 15) is 4.79 Å². The third kappa shape index (κ3) is 3.59. The van der Waals surface area contributed by atoms with E-state index in [-0.39, 0.29) is 23.5 Å². The van der Waals surface area contributed by atoms with Crippen molar-refractivity contribution in [3.8, 4) is 12.1 Å². The van der Waals surface area contributed by atoms with Crippen LogP contribution >= 0.6 is 0 Å². The van der Waals surface area contributed by atoms with Crippen LogP contribution in [0.25, 0.3) is 0 Å². The number of pyridine rings is 1. The smallest absolute Gasteiger partial charge is 0.236 e. The highest BCUT2D eigenvalue weighted by atomic mass is 16.2. The van der Waals surface area contributed by atoms with Crippen LogP contribution in [0.1, 0.15) is 42.9 Å². The molecule has 3 atom stereocenters. The minimum Gasteiger partial charge on any atom is -0.347 e. The highest BCUT2D eigenvalue weighted by Gasteiger charge is 2.47. The molecule has 2 aliphatic heterocycles. The zero-order valence-corrected chi connectivity index (χ0v) is 18.2. The van der Waals surface area contributed by atoms with Gasteiger partial charge in [-0.2, -0.15) is 10.5 Å². The molecule has 0 spiro atoms. The summed E-state index contributed by atoms with van der Waals surface area (Å²) in [6, 6.07) is 16.2. The van der Waals surface area contributed by atoms with Crippen LogP contribution < -0.4 is 10.2 Å². The Labute approximate surface area is 188 Å². The van der Waals surface area contributed by atoms with Gasteiger partial charge in [0.25, 0.3) is 0 Å². The van der Waals surface area contributed by atoms with Crippen molar-refractivity contribution < 1.29 is 4.79 Å². The van der Waals surface area contributed by atoms with Crippen LogP contribution in [0.15, 0.2) is 42.6 Å². The topological polar surface area (TPSA) is 96.0 Å². The number of benzene rings is 1. The van der Waals surface area contributed by atoms with Gasteiger partial charge < -0.3 is 9.80 Å². The summed E-state index contributed by atoms with van der Waals surface area (Å²) in [6.07, 6.45) is 4.68. The third-order valence-electron chi connectivity index (χ3n) is 7.28. The molecule has 162 valence electrons. The summed E-state index contributed by atoms with van der Waals surface area (Å²) in [4.78, 5) is 22.0. The van der Waals surface area contributed by atoms with E-state index in [0.29, 0.717) is 36.7 Å². The second-order valence-corrected chi connectivity index (χ2v) is 9.28. The number of hydrogen-bond acceptors (Lipinski definition) is 6. The van der Waals surface area contributed by atoms with Crippen molar-refractivity contribution in [1.29, 1.82) is 10.5 Å². The molecule has 3 fully saturated rings. The number of hydrogen-bond donors (Lipinski definition) is 1. The molecule has 7 heteroatoms. The quantitative estimate of drug-likeness (QED) is 0.789. The van der Waals surface area contributed by atoms with Crippen LogP contribution in [-0.4, -0.2) is 47.5 Å². The number of piperazine rings is 1. The predicted octanol–water partition coefficient (Wildman–Crippen LogP) is 2.53. The first-order chi connectivity index (χ1) is 15.5. The number of nitrogens with one attached hydrogen (secondary N) is 1. The Balaban J connectivity index is 1.23. The number of rotatable bonds is 5. The molecule has 2 saturated heterocycles. The van der Waals surface area contributed by atoms with Gasteiger partial charge in [-0.25, -0.2) is 4.98 Å². The minimum atomic E-state index is -0.135. The van der Waals surface area contributed by atoms with Crippen molar-refractivity contribution >= 4 is 11.7 Å². The van der Waals surface area contributed by atoms with Gasteiger partial charge in [0.15, 0.2) is 0 Å². The second-order valence-electron chi connectivity index (χ2n) is 9.28. The number of nitrogens with zero attached hydrogens (tertiary/aromatic N) is 5. The SMILES string of the molecule is C[C@H]1CC2CN(C(=O)CNC3(c4ccc(C#N)cc4)CC3)CC1N2c1ccc(C#N)cn1. The predicted molar refractivity (Wildman–Crippen MR) is 119 cm³/mol. The molecule has 1 amide bonds. The molecule has 1 N–H and O–H groups in total. The summed E-state index contributed by atoms with van der Waals surface area (Å²) in [5.74, 6) is 1.52. The van der Waals surface area contributed by atoms with Crippen molar-refractivity contribution in [2.45, 2.75) is 43.8 Å². The Bertz CT molecular complexity index is 1090. The molecule has 32 heavy (non-hydrogen) atoms. The first-order valence-corrected chi connectivity index (χ1v) is 11.2. The summed E-state index contributed by atoms with van der Waals surface area (Å²) < 4.78 is 0. The van der Waals surface area contributed by atoms with E-state index >= 15 is 0 Å². The Kier molecular flexibility index (Phi) is 5.07. The molecule has 2 unspecified atom stereocenters. The highest BCUT2D eigenvalue weighted by molar-refractivity contribution is 5.79. The Hall–Kier alpha value is -3.42. The van der Waals surface area contributed by atoms with Crippen LogP contribution in [0.2, 0.25) is 0 Å². The highest BCUT2D eigenvalue weighted by Crippen LogP contribution is 2.45. The van der Waals surface area contributed by atoms with Crippen molar-refractivity contribution in [1.82, 2.24) is 15.2 Å². The zero-order chi connectivity index (χ0) is 22.3. The lowest BCUT2D eigenvalue weighted by Crippen LogP contribution is -2.58. The first-order valence-electron chi connectivity index (χ1n) is 11.2. The summed E-state index contributed by atoms with van der Waals surface area (Å²) in [5.41, 5.74) is 2.23. The molecule has 1 aromatic heterocycles. The fraction of sp³-hybridized carbons (Fsp3) is 0.440. The largest absolute Gasteiger partial charge is 0.347 e. The minimum absolute atomic E-state index is 0.135. The number of fused-ring (bicyclic) bond motifs is 2. The van der Waals surface area contributed by atoms with E-state index in [1.54, 1.807) is 6.20 Å². The number of likely N-dealkylation sites (tertiary alicyclic amines) is 1. The van der Waals surface area contributed by atoms with E-state index < -0.39 is 0 Å². The standard InChI is InChI=1S/C25H26N6O/c1-17-10-21-15-30(16-22(17)31(21)23-7-4-19(12-27)13-28-23)24(32)14-29-25(8-9-25)20-5-2-18(11-26)3-6-20/h2-7,13,17,21-22,29H,8-10,14-16H2,1H3/t17-,21?,22?/m0/s1. The van der Waals surface area contributed by atoms with E-state index in [1.165, 1.54) is 0 Å². The van der Waals surface area contributed by atoms with Crippen LogP contribution in [0.3, 0.4) is 0 Å². The third-order valence-corrected chi connectivity index (χ3v) is 7.28. The van der Waals surface area contributed by atoms with Crippen molar-refractivity contribution in [3.63, 3.8) is 0 Å². The van der Waals surface area contributed by atoms with E-state index in [1.807, 2.05) is 41.3 Å². The maximum Gasteiger partial charge on any atom is 0.236 e. The lowest BCUT2D eigenvalue weighted by atomic mass is 10.0. The zero-order valence-electron chi connectivity index (χ0n) is 18.2. The number of aromatic nitrogens is 1. The average molecular weight is 427 g/mol. The number of nitriles is 2. The molecule has 2 bridgehead atoms. The van der Waals surface area contributed by atoms with Crippen LogP contribution in [0.5, 0.6) is 0 Å². The Morgan fingerprint density at radius 3 is 2.44 bits per heavy atom. The number of amides is 1. The molecule has 1 saturated carbocycles. The number of carbonyl (C=O) groups excluding carboxylic acids is 1. The van der Waals surface area contributed by atoms with Crippen LogP contribution in [0, 0.1) is 28.6 Å². The molecule has 2 aromatic rings. The van der Waals surface area contributed by atoms with Crippen molar-refractivity contribution in [3.05, 3.63) is 59.3 Å². The van der Waals surface area contributed by atoms with Gasteiger partial charge in [-0.05, 0) is 55.0 Å². The van der Waals surface area contributed by atoms with Crippen molar-refractivity contribution in [2.75, 3.05) is 24.5 Å². The van der Waals surface area contributed by atoms with E-state index in [0.717, 1.165) is 30.6 Å². The maximum atomic E-state index is 13.1. The van der Waals surface area contributed by atoms with Gasteiger partial charge in [-0.1, -0.05) is 19.1 Å². The monoisotopic (exact) mass is 426 g/mol. The number of anilines is 1. The van der Waals surface area contributed by atoms with E-state index in [4.69, 9.17) is 10.5 Å². The summed E-state index contributed by atoms with van der Waals surface area (Å²) in [5, 5.41) is 21.6. The van der Waals surface area contributed by atoms with Gasteiger partial charge in [-0.3, -0.25) is 10.1 Å². The number of carbonyl (C=O) groups is 1. The lowest BCUT2D eigenvalue weighted by Gasteiger charge is -2.42. The summed E-state index contributed by atoms with van der Waals surface area (Å²) in [7, 11) is 0. The normalized spacial score (nSPS) is 25.2. The fourth-order valence-corrected chi connectivity index (χ4v) is 5.31. The summed E-state index contributed by atoms with van der Waals surface area (Å²) in [6.45, 7) is 3.97. The average Bonchev–Trinajstić information content (AvgIpc) is 3.59. The van der Waals surface area contributed by atoms with Crippen molar-refractivity contribution in [2.24, 2.45) is 5.92 Å². The van der Waals surface area contributed by atoms with Gasteiger partial charge in [0, 0.05) is 30.9 Å². The fourth-order valence-electron chi connectivity index (χ4n) is 5.31. The molecule has 5 rings (SSSR count). The van der Waals surface area contributed by atoms with Gasteiger partial charge in [0.05, 0.1) is 29.8 Å². The van der Waals surface area contributed by atoms with Gasteiger partial charge >= 0.3 is 0 Å².